The van der Waals surface area contributed by atoms with Gasteiger partial charge in [0, 0.05) is 29.6 Å². The highest BCUT2D eigenvalue weighted by molar-refractivity contribution is 5.68. The van der Waals surface area contributed by atoms with Gasteiger partial charge in [0.05, 0.1) is 12.2 Å². The van der Waals surface area contributed by atoms with Gasteiger partial charge in [-0.1, -0.05) is 30.3 Å². The molecule has 0 aliphatic carbocycles. The lowest BCUT2D eigenvalue weighted by Crippen LogP contribution is -2.58. The first-order valence-corrected chi connectivity index (χ1v) is 11.7. The molecule has 0 radical (unpaired) electrons. The van der Waals surface area contributed by atoms with Crippen molar-refractivity contribution in [3.63, 3.8) is 0 Å². The van der Waals surface area contributed by atoms with Crippen molar-refractivity contribution in [3.8, 4) is 17.2 Å². The number of likely N-dealkylation sites (tertiary alicyclic amines) is 1. The fourth-order valence-corrected chi connectivity index (χ4v) is 5.70. The molecular weight excluding hydrogens is 422 g/mol. The zero-order valence-electron chi connectivity index (χ0n) is 19.1. The molecule has 2 aromatic rings. The second-order valence-corrected chi connectivity index (χ2v) is 9.81. The Bertz CT molecular complexity index is 1040. The van der Waals surface area contributed by atoms with E-state index in [1.807, 2.05) is 36.4 Å². The number of aliphatic carboxylic acids is 1. The quantitative estimate of drug-likeness (QED) is 0.703. The molecule has 0 aromatic heterocycles. The van der Waals surface area contributed by atoms with Gasteiger partial charge in [-0.25, -0.2) is 4.79 Å². The topological polar surface area (TPSA) is 88.5 Å². The van der Waals surface area contributed by atoms with Crippen LogP contribution in [0.5, 0.6) is 17.2 Å². The number of benzene rings is 2. The van der Waals surface area contributed by atoms with Gasteiger partial charge in [-0.05, 0) is 51.8 Å². The summed E-state index contributed by atoms with van der Waals surface area (Å²) in [4.78, 5) is 13.4. The van der Waals surface area contributed by atoms with Crippen LogP contribution in [-0.4, -0.2) is 52.0 Å². The van der Waals surface area contributed by atoms with E-state index < -0.39 is 11.6 Å². The molecule has 0 saturated carbocycles. The molecule has 33 heavy (non-hydrogen) atoms. The van der Waals surface area contributed by atoms with E-state index in [4.69, 9.17) is 19.3 Å². The fraction of sp³-hybridized carbons (Fsp3) is 0.500. The van der Waals surface area contributed by atoms with Gasteiger partial charge >= 0.3 is 5.97 Å². The van der Waals surface area contributed by atoms with E-state index in [1.165, 1.54) is 0 Å². The van der Waals surface area contributed by atoms with Gasteiger partial charge in [-0.2, -0.15) is 0 Å². The molecule has 7 nitrogen and oxygen atoms in total. The second kappa shape index (κ2) is 8.54. The van der Waals surface area contributed by atoms with Crippen LogP contribution in [0.25, 0.3) is 0 Å². The molecule has 7 heteroatoms. The predicted octanol–water partition coefficient (Wildman–Crippen LogP) is 4.14. The van der Waals surface area contributed by atoms with Gasteiger partial charge in [-0.15, -0.1) is 0 Å². The molecule has 0 spiro atoms. The molecule has 2 fully saturated rings. The Morgan fingerprint density at radius 1 is 1.21 bits per heavy atom. The maximum absolute atomic E-state index is 11.0. The van der Waals surface area contributed by atoms with Crippen molar-refractivity contribution in [2.75, 3.05) is 13.2 Å². The number of piperidine rings is 1. The smallest absolute Gasteiger partial charge is 0.341 e. The largest absolute Gasteiger partial charge is 0.504 e. The Kier molecular flexibility index (Phi) is 5.70. The number of carboxylic acids is 1. The zero-order valence-corrected chi connectivity index (χ0v) is 19.1. The number of carbonyl (C=O) groups is 1. The van der Waals surface area contributed by atoms with Gasteiger partial charge < -0.3 is 24.4 Å². The highest BCUT2D eigenvalue weighted by Crippen LogP contribution is 2.54. The van der Waals surface area contributed by atoms with Crippen LogP contribution >= 0.6 is 0 Å². The van der Waals surface area contributed by atoms with E-state index in [2.05, 4.69) is 18.7 Å². The maximum atomic E-state index is 11.0. The maximum Gasteiger partial charge on any atom is 0.341 e. The van der Waals surface area contributed by atoms with Crippen LogP contribution in [0, 0.1) is 5.92 Å². The molecular formula is C26H31NO6. The Morgan fingerprint density at radius 3 is 2.85 bits per heavy atom. The van der Waals surface area contributed by atoms with E-state index in [-0.39, 0.29) is 36.5 Å². The van der Waals surface area contributed by atoms with Crippen molar-refractivity contribution >= 4 is 5.97 Å². The summed E-state index contributed by atoms with van der Waals surface area (Å²) >= 11 is 0. The Labute approximate surface area is 193 Å². The average molecular weight is 454 g/mol. The van der Waals surface area contributed by atoms with Crippen LogP contribution < -0.4 is 9.47 Å². The molecule has 5 rings (SSSR count). The van der Waals surface area contributed by atoms with Crippen LogP contribution in [0.2, 0.25) is 0 Å². The summed E-state index contributed by atoms with van der Waals surface area (Å²) in [7, 11) is 0. The van der Waals surface area contributed by atoms with Gasteiger partial charge in [0.15, 0.2) is 18.1 Å². The Hall–Kier alpha value is -2.77. The predicted molar refractivity (Wildman–Crippen MR) is 122 cm³/mol. The number of rotatable bonds is 5. The number of carboxylic acid groups (broad SMARTS) is 1. The lowest BCUT2D eigenvalue weighted by atomic mass is 9.72. The molecule has 2 aromatic carbocycles. The molecule has 176 valence electrons. The Morgan fingerprint density at radius 2 is 2.03 bits per heavy atom. The van der Waals surface area contributed by atoms with Gasteiger partial charge in [-0.3, -0.25) is 4.90 Å². The first kappa shape index (κ1) is 22.0. The molecule has 3 heterocycles. The summed E-state index contributed by atoms with van der Waals surface area (Å²) in [6.07, 6.45) is 2.94. The van der Waals surface area contributed by atoms with E-state index in [9.17, 15) is 9.90 Å². The van der Waals surface area contributed by atoms with E-state index in [0.29, 0.717) is 18.0 Å². The van der Waals surface area contributed by atoms with E-state index in [0.717, 1.165) is 36.9 Å². The third-order valence-electron chi connectivity index (χ3n) is 7.30. The molecule has 0 amide bonds. The van der Waals surface area contributed by atoms with Crippen LogP contribution in [0.15, 0.2) is 42.5 Å². The molecule has 3 aliphatic rings. The number of phenolic OH excluding ortho intramolecular Hbond substituents is 1. The number of nitrogens with zero attached hydrogens (tertiary/aromatic N) is 1. The molecule has 4 atom stereocenters. The van der Waals surface area contributed by atoms with Gasteiger partial charge in [0.25, 0.3) is 0 Å². The molecule has 3 aliphatic heterocycles. The average Bonchev–Trinajstić information content (AvgIpc) is 2.78. The minimum atomic E-state index is -0.986. The van der Waals surface area contributed by atoms with Crippen LogP contribution in [-0.2, 0) is 16.1 Å². The van der Waals surface area contributed by atoms with Crippen molar-refractivity contribution in [1.82, 2.24) is 4.90 Å². The second-order valence-electron chi connectivity index (χ2n) is 9.81. The number of fused-ring (bicyclic) bond motifs is 4. The van der Waals surface area contributed by atoms with Crippen LogP contribution in [0.1, 0.15) is 50.3 Å². The van der Waals surface area contributed by atoms with Gasteiger partial charge in [0.1, 0.15) is 11.4 Å². The lowest BCUT2D eigenvalue weighted by Gasteiger charge is -2.54. The minimum absolute atomic E-state index is 0.0937. The molecule has 2 saturated heterocycles. The molecule has 0 bridgehead atoms. The standard InChI is InChI=1S/C26H31NO6/c1-26(2)18-13-19-22(32-24(18)17-8-5-9-20(28)25(17)33-26)11-6-12-27(19)14-16-7-3-4-10-21(16)31-15-23(29)30/h3-5,7-10,18-19,22,24,28H,6,11-15H2,1-2H3,(H,29,30)/t18-,19-,22-,24+/m1/s1. The van der Waals surface area contributed by atoms with E-state index in [1.54, 1.807) is 6.07 Å². The SMILES string of the molecule is CC1(C)Oc2c(O)cccc2[C@@H]2O[C@@H]3CCCN(Cc4ccccc4OCC(=O)O)[C@@H]3C[C@H]21. The van der Waals surface area contributed by atoms with Crippen LogP contribution in [0.3, 0.4) is 0 Å². The monoisotopic (exact) mass is 453 g/mol. The van der Waals surface area contributed by atoms with Crippen LogP contribution in [0.4, 0.5) is 0 Å². The Balaban J connectivity index is 1.40. The summed E-state index contributed by atoms with van der Waals surface area (Å²) in [5, 5.41) is 19.4. The van der Waals surface area contributed by atoms with Crippen molar-refractivity contribution in [1.29, 1.82) is 0 Å². The first-order chi connectivity index (χ1) is 15.8. The molecule has 0 unspecified atom stereocenters. The van der Waals surface area contributed by atoms with E-state index >= 15 is 0 Å². The number of phenols is 1. The summed E-state index contributed by atoms with van der Waals surface area (Å²) in [5.74, 6) is 0.474. The highest BCUT2D eigenvalue weighted by Gasteiger charge is 2.52. The van der Waals surface area contributed by atoms with Crippen molar-refractivity contribution < 1.29 is 29.2 Å². The van der Waals surface area contributed by atoms with Crippen molar-refractivity contribution in [3.05, 3.63) is 53.6 Å². The highest BCUT2D eigenvalue weighted by atomic mass is 16.5. The summed E-state index contributed by atoms with van der Waals surface area (Å²) in [6, 6.07) is 13.4. The lowest BCUT2D eigenvalue weighted by molar-refractivity contribution is -0.190. The number of hydrogen-bond donors (Lipinski definition) is 2. The molecule has 2 N–H and O–H groups in total. The summed E-state index contributed by atoms with van der Waals surface area (Å²) in [5.41, 5.74) is 1.44. The summed E-state index contributed by atoms with van der Waals surface area (Å²) in [6.45, 7) is 5.43. The number of aromatic hydroxyl groups is 1. The number of para-hydroxylation sites is 2. The van der Waals surface area contributed by atoms with Crippen molar-refractivity contribution in [2.45, 2.75) is 63.5 Å². The van der Waals surface area contributed by atoms with Crippen molar-refractivity contribution in [2.24, 2.45) is 5.92 Å². The third kappa shape index (κ3) is 4.15. The normalized spacial score (nSPS) is 28.1. The minimum Gasteiger partial charge on any atom is -0.504 e. The summed E-state index contributed by atoms with van der Waals surface area (Å²) < 4.78 is 18.6. The fourth-order valence-electron chi connectivity index (χ4n) is 5.70. The number of hydrogen-bond acceptors (Lipinski definition) is 6. The zero-order chi connectivity index (χ0) is 23.2. The number of ether oxygens (including phenoxy) is 3. The first-order valence-electron chi connectivity index (χ1n) is 11.7. The van der Waals surface area contributed by atoms with Gasteiger partial charge in [0.2, 0.25) is 0 Å². The third-order valence-corrected chi connectivity index (χ3v) is 7.30.